The fourth-order valence-corrected chi connectivity index (χ4v) is 4.06. The van der Waals surface area contributed by atoms with Crippen LogP contribution in [0.5, 0.6) is 5.75 Å². The summed E-state index contributed by atoms with van der Waals surface area (Å²) in [5.74, 6) is 0.250. The smallest absolute Gasteiger partial charge is 0.252 e. The molecule has 10 heteroatoms. The molecule has 9 nitrogen and oxygen atoms in total. The number of hydrogen-bond donors (Lipinski definition) is 2. The van der Waals surface area contributed by atoms with Crippen LogP contribution >= 0.6 is 0 Å². The maximum Gasteiger partial charge on any atom is 0.252 e. The maximum atomic E-state index is 14.4. The zero-order valence-electron chi connectivity index (χ0n) is 18.0. The Morgan fingerprint density at radius 3 is 2.65 bits per heavy atom. The molecule has 1 aliphatic heterocycles. The summed E-state index contributed by atoms with van der Waals surface area (Å²) in [6, 6.07) is 12.8. The lowest BCUT2D eigenvalue weighted by Crippen LogP contribution is -2.37. The number of ether oxygens (including phenoxy) is 1. The van der Waals surface area contributed by atoms with Crippen molar-refractivity contribution in [1.29, 1.82) is 0 Å². The largest absolute Gasteiger partial charge is 0.508 e. The number of anilines is 3. The first-order valence-electron chi connectivity index (χ1n) is 10.8. The van der Waals surface area contributed by atoms with Crippen molar-refractivity contribution in [2.75, 3.05) is 36.5 Å². The summed E-state index contributed by atoms with van der Waals surface area (Å²) >= 11 is 0. The van der Waals surface area contributed by atoms with Gasteiger partial charge >= 0.3 is 0 Å². The minimum Gasteiger partial charge on any atom is -0.508 e. The zero-order valence-corrected chi connectivity index (χ0v) is 18.0. The number of benzene rings is 2. The first-order chi connectivity index (χ1) is 16.6. The van der Waals surface area contributed by atoms with Crippen molar-refractivity contribution in [3.63, 3.8) is 0 Å². The van der Waals surface area contributed by atoms with Crippen LogP contribution in [0.25, 0.3) is 27.8 Å². The third kappa shape index (κ3) is 3.73. The minimum atomic E-state index is -0.471. The van der Waals surface area contributed by atoms with Crippen molar-refractivity contribution in [1.82, 2.24) is 24.7 Å². The van der Waals surface area contributed by atoms with Crippen LogP contribution in [0.1, 0.15) is 0 Å². The van der Waals surface area contributed by atoms with Gasteiger partial charge in [-0.05, 0) is 18.2 Å². The Labute approximate surface area is 193 Å². The highest BCUT2D eigenvalue weighted by Crippen LogP contribution is 2.28. The van der Waals surface area contributed by atoms with E-state index in [1.807, 2.05) is 35.4 Å². The molecule has 0 aliphatic carbocycles. The fraction of sp³-hybridized carbons (Fsp3) is 0.167. The molecule has 0 saturated carbocycles. The molecule has 2 aromatic carbocycles. The number of aromatic hydroxyl groups is 1. The predicted octanol–water partition coefficient (Wildman–Crippen LogP) is 3.79. The molecule has 4 heterocycles. The number of fused-ring (bicyclic) bond motifs is 3. The van der Waals surface area contributed by atoms with Crippen LogP contribution < -0.4 is 10.2 Å². The first-order valence-corrected chi connectivity index (χ1v) is 10.8. The van der Waals surface area contributed by atoms with Crippen molar-refractivity contribution in [3.05, 3.63) is 66.9 Å². The van der Waals surface area contributed by atoms with E-state index in [0.29, 0.717) is 31.8 Å². The molecule has 6 rings (SSSR count). The zero-order chi connectivity index (χ0) is 23.1. The lowest BCUT2D eigenvalue weighted by molar-refractivity contribution is 0.122. The molecule has 0 unspecified atom stereocenters. The molecular weight excluding hydrogens is 437 g/mol. The van der Waals surface area contributed by atoms with E-state index in [-0.39, 0.29) is 17.5 Å². The highest BCUT2D eigenvalue weighted by molar-refractivity contribution is 6.03. The molecule has 2 N–H and O–H groups in total. The van der Waals surface area contributed by atoms with Crippen molar-refractivity contribution in [2.24, 2.45) is 0 Å². The Morgan fingerprint density at radius 2 is 1.79 bits per heavy atom. The van der Waals surface area contributed by atoms with Gasteiger partial charge in [0, 0.05) is 41.8 Å². The third-order valence-corrected chi connectivity index (χ3v) is 5.69. The molecule has 0 bridgehead atoms. The van der Waals surface area contributed by atoms with Gasteiger partial charge < -0.3 is 20.1 Å². The molecule has 1 aliphatic rings. The van der Waals surface area contributed by atoms with E-state index >= 15 is 0 Å². The van der Waals surface area contributed by atoms with Crippen molar-refractivity contribution in [2.45, 2.75) is 0 Å². The van der Waals surface area contributed by atoms with Gasteiger partial charge in [-0.1, -0.05) is 18.2 Å². The second kappa shape index (κ2) is 8.23. The summed E-state index contributed by atoms with van der Waals surface area (Å²) in [5.41, 5.74) is 2.97. The van der Waals surface area contributed by atoms with Gasteiger partial charge in [0.25, 0.3) is 5.95 Å². The van der Waals surface area contributed by atoms with Gasteiger partial charge in [-0.15, -0.1) is 0 Å². The molecule has 34 heavy (non-hydrogen) atoms. The number of pyridine rings is 1. The van der Waals surface area contributed by atoms with E-state index in [1.165, 1.54) is 6.20 Å². The monoisotopic (exact) mass is 457 g/mol. The number of nitrogens with one attached hydrogen (secondary N) is 1. The number of aromatic nitrogens is 5. The highest BCUT2D eigenvalue weighted by Gasteiger charge is 2.19. The number of halogens is 1. The Bertz CT molecular complexity index is 1510. The summed E-state index contributed by atoms with van der Waals surface area (Å²) in [4.78, 5) is 15.1. The second-order valence-electron chi connectivity index (χ2n) is 7.99. The van der Waals surface area contributed by atoms with Crippen LogP contribution in [0, 0.1) is 5.82 Å². The van der Waals surface area contributed by atoms with Crippen LogP contribution in [0.3, 0.4) is 0 Å². The number of morpholine rings is 1. The number of phenolic OH excluding ortho intramolecular Hbond substituents is 1. The number of rotatable bonds is 4. The van der Waals surface area contributed by atoms with Gasteiger partial charge in [0.2, 0.25) is 0 Å². The topological polar surface area (TPSA) is 101 Å². The van der Waals surface area contributed by atoms with E-state index in [0.717, 1.165) is 27.7 Å². The molecule has 0 radical (unpaired) electrons. The standard InChI is InChI=1S/C24H20FN7O2/c25-20-13-27-24(29-23(20)31-6-8-34-9-7-31)32-14-16-5-4-15-10-18(12-26-21(15)22(16)30-32)28-17-2-1-3-19(33)11-17/h1-5,10-14,28,33H,6-9H2. The Balaban J connectivity index is 1.36. The van der Waals surface area contributed by atoms with E-state index in [9.17, 15) is 9.50 Å². The molecule has 0 spiro atoms. The van der Waals surface area contributed by atoms with Crippen LogP contribution in [0.15, 0.2) is 61.1 Å². The fourth-order valence-electron chi connectivity index (χ4n) is 4.06. The van der Waals surface area contributed by atoms with Gasteiger partial charge in [0.15, 0.2) is 11.6 Å². The number of nitrogens with zero attached hydrogens (tertiary/aromatic N) is 6. The van der Waals surface area contributed by atoms with Crippen LogP contribution in [0.4, 0.5) is 21.6 Å². The number of hydrogen-bond acceptors (Lipinski definition) is 8. The molecule has 1 saturated heterocycles. The summed E-state index contributed by atoms with van der Waals surface area (Å²) in [7, 11) is 0. The summed E-state index contributed by atoms with van der Waals surface area (Å²) in [6.45, 7) is 2.21. The van der Waals surface area contributed by atoms with E-state index in [2.05, 4.69) is 25.4 Å². The van der Waals surface area contributed by atoms with Crippen molar-refractivity contribution >= 4 is 39.0 Å². The SMILES string of the molecule is Oc1cccc(Nc2cnc3c(ccc4cn(-c5ncc(F)c(N6CCOCC6)n5)nc43)c2)c1. The average Bonchev–Trinajstić information content (AvgIpc) is 3.30. The van der Waals surface area contributed by atoms with Crippen molar-refractivity contribution < 1.29 is 14.2 Å². The lowest BCUT2D eigenvalue weighted by atomic mass is 10.1. The van der Waals surface area contributed by atoms with Gasteiger partial charge in [-0.2, -0.15) is 10.1 Å². The minimum absolute atomic E-state index is 0.186. The molecule has 0 amide bonds. The Hall–Kier alpha value is -4.31. The molecule has 1 fully saturated rings. The average molecular weight is 457 g/mol. The highest BCUT2D eigenvalue weighted by atomic mass is 19.1. The normalized spacial score (nSPS) is 14.1. The summed E-state index contributed by atoms with van der Waals surface area (Å²) < 4.78 is 21.3. The van der Waals surface area contributed by atoms with Crippen LogP contribution in [-0.2, 0) is 4.74 Å². The maximum absolute atomic E-state index is 14.4. The van der Waals surface area contributed by atoms with Crippen LogP contribution in [0.2, 0.25) is 0 Å². The quantitative estimate of drug-likeness (QED) is 0.420. The van der Waals surface area contributed by atoms with Gasteiger partial charge in [0.05, 0.1) is 36.8 Å². The second-order valence-corrected chi connectivity index (χ2v) is 7.99. The Kier molecular flexibility index (Phi) is 4.92. The molecule has 170 valence electrons. The third-order valence-electron chi connectivity index (χ3n) is 5.69. The van der Waals surface area contributed by atoms with Gasteiger partial charge in [0.1, 0.15) is 11.3 Å². The van der Waals surface area contributed by atoms with Crippen LogP contribution in [-0.4, -0.2) is 56.1 Å². The van der Waals surface area contributed by atoms with E-state index < -0.39 is 5.82 Å². The van der Waals surface area contributed by atoms with Gasteiger partial charge in [-0.25, -0.2) is 14.1 Å². The first kappa shape index (κ1) is 20.3. The summed E-state index contributed by atoms with van der Waals surface area (Å²) in [6.07, 6.45) is 4.70. The molecule has 5 aromatic rings. The molecule has 3 aromatic heterocycles. The lowest BCUT2D eigenvalue weighted by Gasteiger charge is -2.27. The van der Waals surface area contributed by atoms with E-state index in [1.54, 1.807) is 29.1 Å². The predicted molar refractivity (Wildman–Crippen MR) is 126 cm³/mol. The number of phenols is 1. The van der Waals surface area contributed by atoms with E-state index in [4.69, 9.17) is 4.74 Å². The molecule has 0 atom stereocenters. The summed E-state index contributed by atoms with van der Waals surface area (Å²) in [5, 5.41) is 19.4. The van der Waals surface area contributed by atoms with Gasteiger partial charge in [-0.3, -0.25) is 4.98 Å². The Morgan fingerprint density at radius 1 is 0.941 bits per heavy atom. The molecular formula is C24H20FN7O2. The van der Waals surface area contributed by atoms with Crippen molar-refractivity contribution in [3.8, 4) is 11.7 Å².